The van der Waals surface area contributed by atoms with Crippen molar-refractivity contribution in [1.29, 1.82) is 0 Å². The van der Waals surface area contributed by atoms with Gasteiger partial charge < -0.3 is 19.8 Å². The van der Waals surface area contributed by atoms with Gasteiger partial charge in [-0.05, 0) is 42.3 Å². The number of hydrogen-bond donors (Lipinski definition) is 2. The Hall–Kier alpha value is -3.23. The number of hydrogen-bond acceptors (Lipinski definition) is 4. The number of rotatable bonds is 6. The number of benzene rings is 2. The third kappa shape index (κ3) is 4.36. The molecule has 0 radical (unpaired) electrons. The molecule has 0 fully saturated rings. The van der Waals surface area contributed by atoms with E-state index in [1.807, 2.05) is 6.07 Å². The number of methoxy groups -OCH3 is 2. The smallest absolute Gasteiger partial charge is 0.449 e. The summed E-state index contributed by atoms with van der Waals surface area (Å²) in [5.74, 6) is -0.156. The molecule has 1 amide bonds. The molecule has 148 valence electrons. The van der Waals surface area contributed by atoms with E-state index in [-0.39, 0.29) is 23.4 Å². The normalized spacial score (nSPS) is 11.5. The molecule has 3 rings (SSSR count). The van der Waals surface area contributed by atoms with Crippen LogP contribution in [0.2, 0.25) is 0 Å². The van der Waals surface area contributed by atoms with E-state index in [1.54, 1.807) is 19.2 Å². The van der Waals surface area contributed by atoms with Crippen LogP contribution >= 0.6 is 0 Å². The Morgan fingerprint density at radius 2 is 1.86 bits per heavy atom. The Morgan fingerprint density at radius 1 is 1.11 bits per heavy atom. The molecule has 3 aromatic rings. The van der Waals surface area contributed by atoms with E-state index in [9.17, 15) is 18.0 Å². The largest absolute Gasteiger partial charge is 0.493 e. The summed E-state index contributed by atoms with van der Waals surface area (Å²) in [4.78, 5) is 17.9. The first-order chi connectivity index (χ1) is 13.3. The first kappa shape index (κ1) is 19.5. The minimum Gasteiger partial charge on any atom is -0.493 e. The lowest BCUT2D eigenvalue weighted by Gasteiger charge is -2.10. The second-order valence-corrected chi connectivity index (χ2v) is 6.05. The summed E-state index contributed by atoms with van der Waals surface area (Å²) in [5.41, 5.74) is 1.66. The highest BCUT2D eigenvalue weighted by molar-refractivity contribution is 5.93. The summed E-state index contributed by atoms with van der Waals surface area (Å²) in [6.07, 6.45) is -3.89. The van der Waals surface area contributed by atoms with Crippen molar-refractivity contribution in [3.63, 3.8) is 0 Å². The van der Waals surface area contributed by atoms with Gasteiger partial charge in [0.2, 0.25) is 11.7 Å². The Kier molecular flexibility index (Phi) is 5.43. The van der Waals surface area contributed by atoms with E-state index in [0.717, 1.165) is 5.56 Å². The van der Waals surface area contributed by atoms with E-state index in [1.165, 1.54) is 25.3 Å². The summed E-state index contributed by atoms with van der Waals surface area (Å²) in [7, 11) is 3.07. The van der Waals surface area contributed by atoms with Gasteiger partial charge in [0, 0.05) is 12.1 Å². The van der Waals surface area contributed by atoms with Crippen molar-refractivity contribution in [2.75, 3.05) is 19.5 Å². The van der Waals surface area contributed by atoms with E-state index in [0.29, 0.717) is 23.6 Å². The maximum atomic E-state index is 12.7. The number of halogens is 3. The number of aromatic amines is 1. The van der Waals surface area contributed by atoms with Crippen LogP contribution in [-0.2, 0) is 17.4 Å². The monoisotopic (exact) mass is 393 g/mol. The molecule has 0 atom stereocenters. The number of aromatic nitrogens is 2. The van der Waals surface area contributed by atoms with Crippen molar-refractivity contribution in [2.45, 2.75) is 19.0 Å². The van der Waals surface area contributed by atoms with Gasteiger partial charge in [-0.1, -0.05) is 6.07 Å². The first-order valence-corrected chi connectivity index (χ1v) is 8.38. The summed E-state index contributed by atoms with van der Waals surface area (Å²) in [6, 6.07) is 9.75. The summed E-state index contributed by atoms with van der Waals surface area (Å²) < 4.78 is 48.6. The molecule has 0 saturated carbocycles. The molecular weight excluding hydrogens is 375 g/mol. The second-order valence-electron chi connectivity index (χ2n) is 6.05. The molecule has 1 aromatic heterocycles. The van der Waals surface area contributed by atoms with Crippen LogP contribution in [0.1, 0.15) is 17.8 Å². The number of nitrogens with zero attached hydrogens (tertiary/aromatic N) is 1. The number of nitrogens with one attached hydrogen (secondary N) is 2. The topological polar surface area (TPSA) is 76.2 Å². The number of H-pyrrole nitrogens is 1. The lowest BCUT2D eigenvalue weighted by Crippen LogP contribution is -2.12. The van der Waals surface area contributed by atoms with Crippen molar-refractivity contribution in [1.82, 2.24) is 9.97 Å². The Balaban J connectivity index is 1.64. The Morgan fingerprint density at radius 3 is 2.54 bits per heavy atom. The van der Waals surface area contributed by atoms with Gasteiger partial charge in [0.1, 0.15) is 0 Å². The van der Waals surface area contributed by atoms with Gasteiger partial charge in [-0.25, -0.2) is 4.98 Å². The van der Waals surface area contributed by atoms with Gasteiger partial charge in [0.05, 0.1) is 25.3 Å². The van der Waals surface area contributed by atoms with Crippen LogP contribution < -0.4 is 14.8 Å². The van der Waals surface area contributed by atoms with Crippen LogP contribution in [0, 0.1) is 0 Å². The number of aryl methyl sites for hydroxylation is 1. The van der Waals surface area contributed by atoms with Crippen molar-refractivity contribution in [3.8, 4) is 11.5 Å². The third-order valence-electron chi connectivity index (χ3n) is 4.12. The molecule has 1 heterocycles. The van der Waals surface area contributed by atoms with Crippen molar-refractivity contribution in [3.05, 3.63) is 47.8 Å². The number of amides is 1. The van der Waals surface area contributed by atoms with Gasteiger partial charge in [-0.2, -0.15) is 13.2 Å². The van der Waals surface area contributed by atoms with Crippen LogP contribution in [0.15, 0.2) is 36.4 Å². The van der Waals surface area contributed by atoms with E-state index >= 15 is 0 Å². The molecule has 0 bridgehead atoms. The summed E-state index contributed by atoms with van der Waals surface area (Å²) in [6.45, 7) is 0. The SMILES string of the molecule is COc1ccc(CCC(=O)Nc2ccc3nc(C(F)(F)F)[nH]c3c2)cc1OC. The third-order valence-corrected chi connectivity index (χ3v) is 4.12. The number of carbonyl (C=O) groups is 1. The zero-order chi connectivity index (χ0) is 20.3. The average molecular weight is 393 g/mol. The van der Waals surface area contributed by atoms with E-state index in [4.69, 9.17) is 9.47 Å². The van der Waals surface area contributed by atoms with E-state index < -0.39 is 12.0 Å². The number of ether oxygens (including phenoxy) is 2. The fraction of sp³-hybridized carbons (Fsp3) is 0.263. The van der Waals surface area contributed by atoms with Crippen LogP contribution in [0.5, 0.6) is 11.5 Å². The predicted molar refractivity (Wildman–Crippen MR) is 97.6 cm³/mol. The van der Waals surface area contributed by atoms with Gasteiger partial charge in [-0.3, -0.25) is 4.79 Å². The maximum absolute atomic E-state index is 12.7. The molecule has 28 heavy (non-hydrogen) atoms. The minimum absolute atomic E-state index is 0.177. The summed E-state index contributed by atoms with van der Waals surface area (Å²) in [5, 5.41) is 2.68. The van der Waals surface area contributed by atoms with Crippen LogP contribution in [0.25, 0.3) is 11.0 Å². The average Bonchev–Trinajstić information content (AvgIpc) is 3.10. The number of fused-ring (bicyclic) bond motifs is 1. The molecule has 6 nitrogen and oxygen atoms in total. The fourth-order valence-corrected chi connectivity index (χ4v) is 2.74. The molecule has 0 aliphatic carbocycles. The predicted octanol–water partition coefficient (Wildman–Crippen LogP) is 4.17. The first-order valence-electron chi connectivity index (χ1n) is 8.38. The number of alkyl halides is 3. The molecule has 2 N–H and O–H groups in total. The zero-order valence-corrected chi connectivity index (χ0v) is 15.2. The van der Waals surface area contributed by atoms with Crippen LogP contribution in [0.4, 0.5) is 18.9 Å². The molecule has 0 aliphatic heterocycles. The van der Waals surface area contributed by atoms with Crippen molar-refractivity contribution < 1.29 is 27.4 Å². The standard InChI is InChI=1S/C19H18F3N3O3/c1-27-15-7-3-11(9-16(15)28-2)4-8-17(26)23-12-5-6-13-14(10-12)25-18(24-13)19(20,21)22/h3,5-7,9-10H,4,8H2,1-2H3,(H,23,26)(H,24,25). The number of carbonyl (C=O) groups excluding carboxylic acids is 1. The molecule has 9 heteroatoms. The fourth-order valence-electron chi connectivity index (χ4n) is 2.74. The van der Waals surface area contributed by atoms with Crippen molar-refractivity contribution in [2.24, 2.45) is 0 Å². The number of imidazole rings is 1. The van der Waals surface area contributed by atoms with Crippen LogP contribution in [-0.4, -0.2) is 30.1 Å². The molecular formula is C19H18F3N3O3. The zero-order valence-electron chi connectivity index (χ0n) is 15.2. The second kappa shape index (κ2) is 7.79. The molecule has 0 spiro atoms. The van der Waals surface area contributed by atoms with Gasteiger partial charge in [-0.15, -0.1) is 0 Å². The lowest BCUT2D eigenvalue weighted by atomic mass is 10.1. The molecule has 2 aromatic carbocycles. The molecule has 0 unspecified atom stereocenters. The molecule has 0 aliphatic rings. The van der Waals surface area contributed by atoms with E-state index in [2.05, 4.69) is 15.3 Å². The van der Waals surface area contributed by atoms with Gasteiger partial charge >= 0.3 is 6.18 Å². The Bertz CT molecular complexity index is 999. The van der Waals surface area contributed by atoms with Gasteiger partial charge in [0.15, 0.2) is 11.5 Å². The highest BCUT2D eigenvalue weighted by Crippen LogP contribution is 2.30. The Labute approximate surface area is 158 Å². The van der Waals surface area contributed by atoms with Crippen LogP contribution in [0.3, 0.4) is 0 Å². The highest BCUT2D eigenvalue weighted by Gasteiger charge is 2.34. The quantitative estimate of drug-likeness (QED) is 0.659. The highest BCUT2D eigenvalue weighted by atomic mass is 19.4. The lowest BCUT2D eigenvalue weighted by molar-refractivity contribution is -0.144. The summed E-state index contributed by atoms with van der Waals surface area (Å²) >= 11 is 0. The minimum atomic E-state index is -4.55. The number of anilines is 1. The van der Waals surface area contributed by atoms with Crippen molar-refractivity contribution >= 4 is 22.6 Å². The van der Waals surface area contributed by atoms with Gasteiger partial charge in [0.25, 0.3) is 0 Å². The molecule has 0 saturated heterocycles. The maximum Gasteiger partial charge on any atom is 0.449 e.